The molecule has 1 aromatic heterocycles. The van der Waals surface area contributed by atoms with Crippen LogP contribution in [0.2, 0.25) is 0 Å². The zero-order valence-electron chi connectivity index (χ0n) is 8.01. The van der Waals surface area contributed by atoms with E-state index in [-0.39, 0.29) is 58.2 Å². The van der Waals surface area contributed by atoms with Crippen molar-refractivity contribution in [1.82, 2.24) is 4.98 Å². The quantitative estimate of drug-likeness (QED) is 0.610. The molecule has 0 N–H and O–H groups in total. The summed E-state index contributed by atoms with van der Waals surface area (Å²) in [5.74, 6) is 0.425. The first-order valence-electron chi connectivity index (χ1n) is 3.62. The molecular formula is C8H14NORb. The van der Waals surface area contributed by atoms with E-state index in [4.69, 9.17) is 0 Å². The van der Waals surface area contributed by atoms with Gasteiger partial charge in [0.15, 0.2) is 0 Å². The maximum absolute atomic E-state index is 4.64. The minimum Gasteiger partial charge on any atom is -0.632 e. The molecule has 2 nitrogen and oxygen atoms in total. The van der Waals surface area contributed by atoms with Gasteiger partial charge in [0.25, 0.3) is 0 Å². The largest absolute Gasteiger partial charge is 1.00 e. The standard InChI is InChI=1S/C6H8NO.C2H6.Rb/c1-5(2)6-3-8-4-7-6;1-2;/h4-5H,1-2H3;1-2H3;/q-1;;+1. The summed E-state index contributed by atoms with van der Waals surface area (Å²) < 4.78 is 4.64. The number of hydrogen-bond acceptors (Lipinski definition) is 2. The van der Waals surface area contributed by atoms with Crippen LogP contribution in [-0.2, 0) is 0 Å². The molecule has 0 saturated carbocycles. The van der Waals surface area contributed by atoms with Crippen molar-refractivity contribution < 1.29 is 62.6 Å². The minimum absolute atomic E-state index is 0. The summed E-state index contributed by atoms with van der Waals surface area (Å²) in [5, 5.41) is 0. The number of rotatable bonds is 1. The Morgan fingerprint density at radius 1 is 1.45 bits per heavy atom. The van der Waals surface area contributed by atoms with E-state index < -0.39 is 0 Å². The van der Waals surface area contributed by atoms with E-state index in [0.717, 1.165) is 5.69 Å². The molecule has 0 bridgehead atoms. The second kappa shape index (κ2) is 9.11. The third-order valence-corrected chi connectivity index (χ3v) is 0.955. The molecule has 0 fully saturated rings. The number of nitrogens with zero attached hydrogens (tertiary/aromatic N) is 1. The number of hydrogen-bond donors (Lipinski definition) is 0. The van der Waals surface area contributed by atoms with E-state index in [1.165, 1.54) is 6.39 Å². The van der Waals surface area contributed by atoms with E-state index in [9.17, 15) is 0 Å². The summed E-state index contributed by atoms with van der Waals surface area (Å²) in [5.41, 5.74) is 0.894. The molecule has 0 radical (unpaired) electrons. The second-order valence-corrected chi connectivity index (χ2v) is 1.99. The van der Waals surface area contributed by atoms with Crippen molar-refractivity contribution in [2.45, 2.75) is 33.6 Å². The molecule has 0 unspecified atom stereocenters. The molecule has 3 heteroatoms. The Morgan fingerprint density at radius 3 is 2.18 bits per heavy atom. The first-order valence-corrected chi connectivity index (χ1v) is 3.62. The SMILES string of the molecule is CC.CC(C)c1[c-]ocn1.[Rb+]. The van der Waals surface area contributed by atoms with E-state index >= 15 is 0 Å². The summed E-state index contributed by atoms with van der Waals surface area (Å²) >= 11 is 0. The van der Waals surface area contributed by atoms with Crippen molar-refractivity contribution in [2.75, 3.05) is 0 Å². The molecule has 0 aromatic carbocycles. The van der Waals surface area contributed by atoms with Crippen molar-refractivity contribution in [2.24, 2.45) is 0 Å². The number of oxazole rings is 1. The molecule has 0 aliphatic rings. The molecule has 0 spiro atoms. The van der Waals surface area contributed by atoms with Gasteiger partial charge < -0.3 is 9.40 Å². The molecule has 1 heterocycles. The van der Waals surface area contributed by atoms with Crippen LogP contribution in [-0.4, -0.2) is 4.98 Å². The fourth-order valence-corrected chi connectivity index (χ4v) is 0.463. The Labute approximate surface area is 118 Å². The van der Waals surface area contributed by atoms with E-state index in [1.807, 2.05) is 27.7 Å². The van der Waals surface area contributed by atoms with Gasteiger partial charge in [-0.3, -0.25) is 0 Å². The first-order chi connectivity index (χ1) is 4.80. The van der Waals surface area contributed by atoms with Gasteiger partial charge in [-0.2, -0.15) is 0 Å². The molecule has 1 rings (SSSR count). The predicted molar refractivity (Wildman–Crippen MR) is 40.8 cm³/mol. The van der Waals surface area contributed by atoms with E-state index in [1.54, 1.807) is 0 Å². The van der Waals surface area contributed by atoms with Gasteiger partial charge in [0.1, 0.15) is 0 Å². The van der Waals surface area contributed by atoms with Gasteiger partial charge in [-0.15, -0.1) is 0 Å². The average Bonchev–Trinajstić information content (AvgIpc) is 2.42. The fraction of sp³-hybridized carbons (Fsp3) is 0.625. The zero-order chi connectivity index (χ0) is 7.98. The summed E-state index contributed by atoms with van der Waals surface area (Å²) in [6.45, 7) is 8.10. The topological polar surface area (TPSA) is 26.0 Å². The molecule has 0 saturated heterocycles. The Bertz CT molecular complexity index is 149. The third kappa shape index (κ3) is 6.20. The third-order valence-electron chi connectivity index (χ3n) is 0.955. The van der Waals surface area contributed by atoms with Gasteiger partial charge in [-0.1, -0.05) is 34.0 Å². The summed E-state index contributed by atoms with van der Waals surface area (Å²) in [7, 11) is 0. The van der Waals surface area contributed by atoms with Crippen LogP contribution < -0.4 is 58.2 Å². The van der Waals surface area contributed by atoms with Gasteiger partial charge in [-0.05, 0) is 11.6 Å². The minimum atomic E-state index is 0. The molecular weight excluding hydrogens is 212 g/mol. The summed E-state index contributed by atoms with van der Waals surface area (Å²) in [4.78, 5) is 3.89. The van der Waals surface area contributed by atoms with Crippen molar-refractivity contribution in [3.63, 3.8) is 0 Å². The van der Waals surface area contributed by atoms with Crippen LogP contribution in [0, 0.1) is 6.26 Å². The Morgan fingerprint density at radius 2 is 2.00 bits per heavy atom. The Balaban J connectivity index is 0. The van der Waals surface area contributed by atoms with Gasteiger partial charge in [-0.25, -0.2) is 0 Å². The number of aromatic nitrogens is 1. The zero-order valence-corrected chi connectivity index (χ0v) is 12.9. The Hall–Kier alpha value is 1.02. The average molecular weight is 226 g/mol. The molecule has 0 aliphatic heterocycles. The molecule has 58 valence electrons. The van der Waals surface area contributed by atoms with E-state index in [0.29, 0.717) is 5.92 Å². The van der Waals surface area contributed by atoms with Crippen LogP contribution in [0.25, 0.3) is 0 Å². The van der Waals surface area contributed by atoms with Gasteiger partial charge in [0, 0.05) is 6.39 Å². The van der Waals surface area contributed by atoms with Crippen LogP contribution in [0.3, 0.4) is 0 Å². The van der Waals surface area contributed by atoms with Crippen molar-refractivity contribution >= 4 is 0 Å². The van der Waals surface area contributed by atoms with Gasteiger partial charge in [0.05, 0.1) is 0 Å². The first kappa shape index (κ1) is 14.5. The Kier molecular flexibility index (Phi) is 12.0. The normalized spacial score (nSPS) is 8.09. The summed E-state index contributed by atoms with van der Waals surface area (Å²) in [6.07, 6.45) is 4.05. The molecule has 1 aromatic rings. The van der Waals surface area contributed by atoms with Gasteiger partial charge >= 0.3 is 58.2 Å². The second-order valence-electron chi connectivity index (χ2n) is 1.99. The predicted octanol–water partition coefficient (Wildman–Crippen LogP) is -0.372. The van der Waals surface area contributed by atoms with Crippen LogP contribution in [0.1, 0.15) is 39.3 Å². The van der Waals surface area contributed by atoms with Crippen molar-refractivity contribution in [3.8, 4) is 0 Å². The fourth-order valence-electron chi connectivity index (χ4n) is 0.463. The summed E-state index contributed by atoms with van der Waals surface area (Å²) in [6, 6.07) is 0. The molecule has 0 amide bonds. The molecule has 0 aliphatic carbocycles. The molecule has 11 heavy (non-hydrogen) atoms. The smallest absolute Gasteiger partial charge is 0.632 e. The maximum Gasteiger partial charge on any atom is 1.00 e. The van der Waals surface area contributed by atoms with Crippen LogP contribution >= 0.6 is 0 Å². The van der Waals surface area contributed by atoms with Crippen LogP contribution in [0.5, 0.6) is 0 Å². The van der Waals surface area contributed by atoms with Crippen molar-refractivity contribution in [3.05, 3.63) is 18.4 Å². The van der Waals surface area contributed by atoms with Crippen LogP contribution in [0.15, 0.2) is 10.8 Å². The van der Waals surface area contributed by atoms with E-state index in [2.05, 4.69) is 15.7 Å². The monoisotopic (exact) mass is 225 g/mol. The van der Waals surface area contributed by atoms with Crippen LogP contribution in [0.4, 0.5) is 0 Å². The maximum atomic E-state index is 4.64. The van der Waals surface area contributed by atoms with Gasteiger partial charge in [0.2, 0.25) is 0 Å². The van der Waals surface area contributed by atoms with Crippen molar-refractivity contribution in [1.29, 1.82) is 0 Å². The molecule has 0 atom stereocenters.